The topological polar surface area (TPSA) is 103 Å². The van der Waals surface area contributed by atoms with Crippen LogP contribution < -0.4 is 11.1 Å². The van der Waals surface area contributed by atoms with E-state index in [9.17, 15) is 9.59 Å². The Labute approximate surface area is 184 Å². The molecule has 9 heteroatoms. The highest BCUT2D eigenvalue weighted by molar-refractivity contribution is 7.99. The van der Waals surface area contributed by atoms with Crippen molar-refractivity contribution in [1.82, 2.24) is 14.8 Å². The lowest BCUT2D eigenvalue weighted by molar-refractivity contribution is -0.113. The summed E-state index contributed by atoms with van der Waals surface area (Å²) in [5.41, 5.74) is 7.13. The highest BCUT2D eigenvalue weighted by Gasteiger charge is 2.17. The number of benzene rings is 1. The predicted octanol–water partition coefficient (Wildman–Crippen LogP) is 4.20. The number of thioether (sulfide) groups is 1. The molecule has 7 nitrogen and oxygen atoms in total. The number of nitrogens with two attached hydrogens (primary N) is 1. The van der Waals surface area contributed by atoms with Crippen molar-refractivity contribution in [3.05, 3.63) is 46.2 Å². The lowest BCUT2D eigenvalue weighted by Gasteiger charge is -2.10. The third kappa shape index (κ3) is 5.28. The lowest BCUT2D eigenvalue weighted by Crippen LogP contribution is -2.19. The van der Waals surface area contributed by atoms with Gasteiger partial charge in [0, 0.05) is 22.4 Å². The van der Waals surface area contributed by atoms with Crippen molar-refractivity contribution in [2.75, 3.05) is 11.1 Å². The van der Waals surface area contributed by atoms with Gasteiger partial charge in [-0.2, -0.15) is 0 Å². The van der Waals surface area contributed by atoms with E-state index in [1.165, 1.54) is 16.6 Å². The fraction of sp³-hybridized carbons (Fsp3) is 0.333. The molecular formula is C21H25N5O2S2. The van der Waals surface area contributed by atoms with Crippen LogP contribution in [0.25, 0.3) is 11.4 Å². The molecule has 0 aliphatic heterocycles. The second-order valence-corrected chi connectivity index (χ2v) is 8.69. The van der Waals surface area contributed by atoms with Crippen molar-refractivity contribution in [1.29, 1.82) is 0 Å². The van der Waals surface area contributed by atoms with Crippen molar-refractivity contribution in [3.8, 4) is 11.4 Å². The number of nitrogens with one attached hydrogen (secondary N) is 1. The molecule has 0 atom stereocenters. The number of aryl methyl sites for hydroxylation is 1. The Hall–Kier alpha value is -2.65. The Morgan fingerprint density at radius 3 is 2.73 bits per heavy atom. The van der Waals surface area contributed by atoms with E-state index < -0.39 is 5.91 Å². The van der Waals surface area contributed by atoms with Crippen molar-refractivity contribution in [3.63, 3.8) is 0 Å². The van der Waals surface area contributed by atoms with Crippen LogP contribution in [0.15, 0.2) is 40.9 Å². The van der Waals surface area contributed by atoms with Crippen LogP contribution in [0.4, 0.5) is 5.69 Å². The summed E-state index contributed by atoms with van der Waals surface area (Å²) in [6.45, 7) is 5.04. The third-order valence-electron chi connectivity index (χ3n) is 4.37. The molecule has 3 N–H and O–H groups in total. The number of anilines is 1. The van der Waals surface area contributed by atoms with Crippen molar-refractivity contribution >= 4 is 40.6 Å². The first-order chi connectivity index (χ1) is 14.5. The first-order valence-corrected chi connectivity index (χ1v) is 11.7. The SMILES string of the molecule is CCCc1cc(-c2nnc(SCC(=O)Nc3ccccc3C(N)=O)n2CCC)cs1. The zero-order valence-corrected chi connectivity index (χ0v) is 18.7. The summed E-state index contributed by atoms with van der Waals surface area (Å²) in [7, 11) is 0. The molecule has 0 spiro atoms. The molecule has 0 unspecified atom stereocenters. The van der Waals surface area contributed by atoms with Crippen LogP contribution >= 0.6 is 23.1 Å². The second kappa shape index (κ2) is 10.4. The van der Waals surface area contributed by atoms with Gasteiger partial charge >= 0.3 is 0 Å². The molecule has 0 aliphatic carbocycles. The molecular weight excluding hydrogens is 418 g/mol. The highest BCUT2D eigenvalue weighted by Crippen LogP contribution is 2.29. The number of aromatic nitrogens is 3. The summed E-state index contributed by atoms with van der Waals surface area (Å²) in [5, 5.41) is 14.3. The predicted molar refractivity (Wildman–Crippen MR) is 122 cm³/mol. The van der Waals surface area contributed by atoms with Crippen LogP contribution in [-0.4, -0.2) is 32.3 Å². The largest absolute Gasteiger partial charge is 0.366 e. The van der Waals surface area contributed by atoms with E-state index >= 15 is 0 Å². The van der Waals surface area contributed by atoms with Crippen LogP contribution in [-0.2, 0) is 17.8 Å². The minimum Gasteiger partial charge on any atom is -0.366 e. The van der Waals surface area contributed by atoms with Crippen LogP contribution in [0.1, 0.15) is 41.9 Å². The average molecular weight is 444 g/mol. The van der Waals surface area contributed by atoms with Crippen LogP contribution in [0.2, 0.25) is 0 Å². The summed E-state index contributed by atoms with van der Waals surface area (Å²) < 4.78 is 2.06. The Kier molecular flexibility index (Phi) is 7.64. The van der Waals surface area contributed by atoms with Gasteiger partial charge in [0.2, 0.25) is 5.91 Å². The first-order valence-electron chi connectivity index (χ1n) is 9.85. The van der Waals surface area contributed by atoms with Gasteiger partial charge in [0.1, 0.15) is 0 Å². The molecule has 1 aromatic carbocycles. The fourth-order valence-electron chi connectivity index (χ4n) is 3.03. The van der Waals surface area contributed by atoms with E-state index in [4.69, 9.17) is 5.73 Å². The van der Waals surface area contributed by atoms with Gasteiger partial charge in [-0.15, -0.1) is 21.5 Å². The van der Waals surface area contributed by atoms with Gasteiger partial charge in [-0.3, -0.25) is 9.59 Å². The van der Waals surface area contributed by atoms with Gasteiger partial charge in [0.25, 0.3) is 5.91 Å². The molecule has 158 valence electrons. The molecule has 2 heterocycles. The maximum atomic E-state index is 12.4. The number of thiophene rings is 1. The molecule has 0 aliphatic rings. The molecule has 0 radical (unpaired) electrons. The summed E-state index contributed by atoms with van der Waals surface area (Å²) in [4.78, 5) is 25.3. The number of para-hydroxylation sites is 1. The molecule has 3 aromatic rings. The van der Waals surface area contributed by atoms with E-state index in [0.29, 0.717) is 10.8 Å². The highest BCUT2D eigenvalue weighted by atomic mass is 32.2. The molecule has 3 rings (SSSR count). The number of amides is 2. The number of hydrogen-bond acceptors (Lipinski definition) is 6. The van der Waals surface area contributed by atoms with Crippen LogP contribution in [0.5, 0.6) is 0 Å². The maximum absolute atomic E-state index is 12.4. The van der Waals surface area contributed by atoms with Crippen LogP contribution in [0.3, 0.4) is 0 Å². The van der Waals surface area contributed by atoms with E-state index in [2.05, 4.69) is 45.4 Å². The molecule has 2 amide bonds. The third-order valence-corrected chi connectivity index (χ3v) is 6.33. The van der Waals surface area contributed by atoms with Gasteiger partial charge in [-0.1, -0.05) is 44.2 Å². The van der Waals surface area contributed by atoms with E-state index in [-0.39, 0.29) is 17.2 Å². The number of nitrogens with zero attached hydrogens (tertiary/aromatic N) is 3. The minimum atomic E-state index is -0.580. The monoisotopic (exact) mass is 443 g/mol. The van der Waals surface area contributed by atoms with Crippen LogP contribution in [0, 0.1) is 0 Å². The summed E-state index contributed by atoms with van der Waals surface area (Å²) >= 11 is 3.06. The Balaban J connectivity index is 1.71. The normalized spacial score (nSPS) is 10.9. The fourth-order valence-corrected chi connectivity index (χ4v) is 4.77. The number of carbonyl (C=O) groups is 2. The number of hydrogen-bond donors (Lipinski definition) is 2. The summed E-state index contributed by atoms with van der Waals surface area (Å²) in [6.07, 6.45) is 3.10. The first kappa shape index (κ1) is 22.0. The van der Waals surface area contributed by atoms with Gasteiger partial charge in [0.05, 0.1) is 17.0 Å². The quantitative estimate of drug-likeness (QED) is 0.457. The Morgan fingerprint density at radius 1 is 1.20 bits per heavy atom. The van der Waals surface area contributed by atoms with Gasteiger partial charge in [-0.25, -0.2) is 0 Å². The molecule has 0 fully saturated rings. The zero-order chi connectivity index (χ0) is 21.5. The van der Waals surface area contributed by atoms with Gasteiger partial charge < -0.3 is 15.6 Å². The maximum Gasteiger partial charge on any atom is 0.250 e. The van der Waals surface area contributed by atoms with E-state index in [1.54, 1.807) is 35.6 Å². The van der Waals surface area contributed by atoms with Gasteiger partial charge in [-0.05, 0) is 31.0 Å². The molecule has 0 saturated heterocycles. The van der Waals surface area contributed by atoms with Crippen molar-refractivity contribution in [2.24, 2.45) is 5.73 Å². The minimum absolute atomic E-state index is 0.152. The number of carbonyl (C=O) groups excluding carboxylic acids is 2. The van der Waals surface area contributed by atoms with Crippen molar-refractivity contribution < 1.29 is 9.59 Å². The molecule has 0 saturated carbocycles. The summed E-state index contributed by atoms with van der Waals surface area (Å²) in [5.74, 6) is 0.170. The van der Waals surface area contributed by atoms with E-state index in [1.807, 2.05) is 0 Å². The Bertz CT molecular complexity index is 1030. The average Bonchev–Trinajstić information content (AvgIpc) is 3.34. The molecule has 0 bridgehead atoms. The van der Waals surface area contributed by atoms with E-state index in [0.717, 1.165) is 37.2 Å². The zero-order valence-electron chi connectivity index (χ0n) is 17.1. The molecule has 30 heavy (non-hydrogen) atoms. The van der Waals surface area contributed by atoms with Gasteiger partial charge in [0.15, 0.2) is 11.0 Å². The Morgan fingerprint density at radius 2 is 2.00 bits per heavy atom. The van der Waals surface area contributed by atoms with Crippen molar-refractivity contribution in [2.45, 2.75) is 44.8 Å². The number of primary amides is 1. The summed E-state index contributed by atoms with van der Waals surface area (Å²) in [6, 6.07) is 8.86. The smallest absolute Gasteiger partial charge is 0.250 e. The number of rotatable bonds is 10. The molecule has 2 aromatic heterocycles. The standard InChI is InChI=1S/C21H25N5O2S2/c1-3-7-15-11-14(12-29-15)20-24-25-21(26(20)10-4-2)30-13-18(27)23-17-9-6-5-8-16(17)19(22)28/h5-6,8-9,11-12H,3-4,7,10,13H2,1-2H3,(H2,22,28)(H,23,27). The second-order valence-electron chi connectivity index (χ2n) is 6.76. The lowest BCUT2D eigenvalue weighted by atomic mass is 10.1.